The Morgan fingerprint density at radius 1 is 1.47 bits per heavy atom. The summed E-state index contributed by atoms with van der Waals surface area (Å²) in [4.78, 5) is 24.3. The van der Waals surface area contributed by atoms with Crippen molar-refractivity contribution in [1.29, 1.82) is 0 Å². The third-order valence-corrected chi connectivity index (χ3v) is 3.33. The lowest BCUT2D eigenvalue weighted by Crippen LogP contribution is -2.34. The van der Waals surface area contributed by atoms with Gasteiger partial charge in [0.25, 0.3) is 0 Å². The molecule has 1 rings (SSSR count). The smallest absolute Gasteiger partial charge is 0.309 e. The van der Waals surface area contributed by atoms with E-state index in [-0.39, 0.29) is 12.3 Å². The maximum absolute atomic E-state index is 11.9. The maximum Gasteiger partial charge on any atom is 0.309 e. The lowest BCUT2D eigenvalue weighted by molar-refractivity contribution is -0.151. The molecular weight excluding hydrogens is 238 g/mol. The Bertz CT molecular complexity index is 398. The van der Waals surface area contributed by atoms with Crippen molar-refractivity contribution in [1.82, 2.24) is 4.90 Å². The lowest BCUT2D eigenvalue weighted by atomic mass is 9.89. The molecule has 0 spiro atoms. The van der Waals surface area contributed by atoms with Gasteiger partial charge in [-0.05, 0) is 36.2 Å². The van der Waals surface area contributed by atoms with Crippen LogP contribution in [0.4, 0.5) is 0 Å². The SMILES string of the molecule is CN(Cc1ccsc1)C(=O)CC(C)(C)C(=O)O. The van der Waals surface area contributed by atoms with Crippen molar-refractivity contribution in [3.63, 3.8) is 0 Å². The fourth-order valence-electron chi connectivity index (χ4n) is 1.33. The predicted octanol–water partition coefficient (Wildman–Crippen LogP) is 2.21. The Hall–Kier alpha value is -1.36. The summed E-state index contributed by atoms with van der Waals surface area (Å²) in [5, 5.41) is 12.9. The van der Waals surface area contributed by atoms with Crippen LogP contribution < -0.4 is 0 Å². The summed E-state index contributed by atoms with van der Waals surface area (Å²) in [5.74, 6) is -1.10. The first kappa shape index (κ1) is 13.7. The van der Waals surface area contributed by atoms with Crippen molar-refractivity contribution < 1.29 is 14.7 Å². The van der Waals surface area contributed by atoms with Gasteiger partial charge in [0.1, 0.15) is 0 Å². The molecule has 0 unspecified atom stereocenters. The molecule has 0 radical (unpaired) electrons. The maximum atomic E-state index is 11.9. The number of carbonyl (C=O) groups is 2. The minimum atomic E-state index is -1.01. The van der Waals surface area contributed by atoms with Crippen LogP contribution in [-0.4, -0.2) is 28.9 Å². The molecule has 1 amide bonds. The van der Waals surface area contributed by atoms with E-state index in [0.29, 0.717) is 6.54 Å². The number of rotatable bonds is 5. The highest BCUT2D eigenvalue weighted by atomic mass is 32.1. The van der Waals surface area contributed by atoms with Gasteiger partial charge in [0.05, 0.1) is 5.41 Å². The van der Waals surface area contributed by atoms with Crippen LogP contribution in [0.25, 0.3) is 0 Å². The number of carboxylic acid groups (broad SMARTS) is 1. The van der Waals surface area contributed by atoms with Crippen LogP contribution in [0.2, 0.25) is 0 Å². The third-order valence-electron chi connectivity index (χ3n) is 2.60. The first-order valence-electron chi connectivity index (χ1n) is 5.31. The normalized spacial score (nSPS) is 11.2. The van der Waals surface area contributed by atoms with E-state index in [0.717, 1.165) is 5.56 Å². The Balaban J connectivity index is 2.56. The van der Waals surface area contributed by atoms with Crippen molar-refractivity contribution in [2.45, 2.75) is 26.8 Å². The van der Waals surface area contributed by atoms with E-state index in [1.54, 1.807) is 37.1 Å². The zero-order valence-electron chi connectivity index (χ0n) is 10.3. The van der Waals surface area contributed by atoms with Gasteiger partial charge in [-0.2, -0.15) is 11.3 Å². The second-order valence-electron chi connectivity index (χ2n) is 4.75. The van der Waals surface area contributed by atoms with Crippen LogP contribution >= 0.6 is 11.3 Å². The molecule has 0 aliphatic heterocycles. The fraction of sp³-hybridized carbons (Fsp3) is 0.500. The van der Waals surface area contributed by atoms with E-state index in [4.69, 9.17) is 5.11 Å². The van der Waals surface area contributed by atoms with Crippen molar-refractivity contribution in [2.75, 3.05) is 7.05 Å². The quantitative estimate of drug-likeness (QED) is 0.877. The molecule has 1 heterocycles. The summed E-state index contributed by atoms with van der Waals surface area (Å²) in [5.41, 5.74) is 0.0546. The summed E-state index contributed by atoms with van der Waals surface area (Å²) in [7, 11) is 1.69. The van der Waals surface area contributed by atoms with Crippen molar-refractivity contribution in [3.05, 3.63) is 22.4 Å². The van der Waals surface area contributed by atoms with Crippen LogP contribution in [-0.2, 0) is 16.1 Å². The molecule has 0 fully saturated rings. The molecule has 0 saturated heterocycles. The van der Waals surface area contributed by atoms with Crippen molar-refractivity contribution in [2.24, 2.45) is 5.41 Å². The van der Waals surface area contributed by atoms with Gasteiger partial charge >= 0.3 is 5.97 Å². The number of hydrogen-bond acceptors (Lipinski definition) is 3. The molecule has 0 aliphatic carbocycles. The molecule has 0 aliphatic rings. The monoisotopic (exact) mass is 255 g/mol. The molecule has 1 aromatic rings. The molecule has 0 saturated carbocycles. The van der Waals surface area contributed by atoms with Crippen LogP contribution in [0.15, 0.2) is 16.8 Å². The van der Waals surface area contributed by atoms with Gasteiger partial charge in [-0.3, -0.25) is 9.59 Å². The summed E-state index contributed by atoms with van der Waals surface area (Å²) in [6.45, 7) is 3.65. The first-order chi connectivity index (χ1) is 7.83. The third kappa shape index (κ3) is 3.85. The van der Waals surface area contributed by atoms with Gasteiger partial charge in [0.15, 0.2) is 0 Å². The highest BCUT2D eigenvalue weighted by Crippen LogP contribution is 2.22. The minimum Gasteiger partial charge on any atom is -0.481 e. The van der Waals surface area contributed by atoms with E-state index in [2.05, 4.69) is 0 Å². The van der Waals surface area contributed by atoms with E-state index in [1.807, 2.05) is 16.8 Å². The van der Waals surface area contributed by atoms with Gasteiger partial charge in [0.2, 0.25) is 5.91 Å². The average molecular weight is 255 g/mol. The lowest BCUT2D eigenvalue weighted by Gasteiger charge is -2.23. The Morgan fingerprint density at radius 3 is 2.59 bits per heavy atom. The number of thiophene rings is 1. The highest BCUT2D eigenvalue weighted by Gasteiger charge is 2.31. The molecule has 4 nitrogen and oxygen atoms in total. The molecule has 0 atom stereocenters. The van der Waals surface area contributed by atoms with E-state index in [9.17, 15) is 9.59 Å². The second-order valence-corrected chi connectivity index (χ2v) is 5.53. The van der Waals surface area contributed by atoms with Crippen molar-refractivity contribution >= 4 is 23.2 Å². The van der Waals surface area contributed by atoms with Crippen LogP contribution in [0.1, 0.15) is 25.8 Å². The second kappa shape index (κ2) is 5.31. The molecular formula is C12H17NO3S. The number of carboxylic acids is 1. The predicted molar refractivity (Wildman–Crippen MR) is 66.8 cm³/mol. The van der Waals surface area contributed by atoms with Gasteiger partial charge < -0.3 is 10.0 Å². The summed E-state index contributed by atoms with van der Waals surface area (Å²) >= 11 is 1.58. The largest absolute Gasteiger partial charge is 0.481 e. The highest BCUT2D eigenvalue weighted by molar-refractivity contribution is 7.07. The number of carbonyl (C=O) groups excluding carboxylic acids is 1. The van der Waals surface area contributed by atoms with Gasteiger partial charge in [0, 0.05) is 20.0 Å². The number of nitrogens with zero attached hydrogens (tertiary/aromatic N) is 1. The summed E-state index contributed by atoms with van der Waals surface area (Å²) in [6.07, 6.45) is 0.0168. The van der Waals surface area contributed by atoms with Crippen LogP contribution in [0.5, 0.6) is 0 Å². The zero-order chi connectivity index (χ0) is 13.1. The summed E-state index contributed by atoms with van der Waals surface area (Å²) in [6, 6.07) is 1.96. The summed E-state index contributed by atoms with van der Waals surface area (Å²) < 4.78 is 0. The van der Waals surface area contributed by atoms with Crippen LogP contribution in [0.3, 0.4) is 0 Å². The Kier molecular flexibility index (Phi) is 4.28. The van der Waals surface area contributed by atoms with E-state index in [1.165, 1.54) is 0 Å². The topological polar surface area (TPSA) is 57.6 Å². The first-order valence-corrected chi connectivity index (χ1v) is 6.25. The van der Waals surface area contributed by atoms with Crippen LogP contribution in [0, 0.1) is 5.41 Å². The molecule has 0 bridgehead atoms. The average Bonchev–Trinajstić information content (AvgIpc) is 2.69. The van der Waals surface area contributed by atoms with E-state index < -0.39 is 11.4 Å². The molecule has 94 valence electrons. The van der Waals surface area contributed by atoms with Crippen molar-refractivity contribution in [3.8, 4) is 0 Å². The fourth-order valence-corrected chi connectivity index (χ4v) is 1.99. The number of aliphatic carboxylic acids is 1. The molecule has 1 aromatic heterocycles. The Labute approximate surface area is 105 Å². The van der Waals surface area contributed by atoms with E-state index >= 15 is 0 Å². The van der Waals surface area contributed by atoms with Gasteiger partial charge in [-0.1, -0.05) is 0 Å². The zero-order valence-corrected chi connectivity index (χ0v) is 11.1. The van der Waals surface area contributed by atoms with Gasteiger partial charge in [-0.25, -0.2) is 0 Å². The molecule has 17 heavy (non-hydrogen) atoms. The Morgan fingerprint density at radius 2 is 2.12 bits per heavy atom. The molecule has 0 aromatic carbocycles. The molecule has 1 N–H and O–H groups in total. The molecule has 5 heteroatoms. The van der Waals surface area contributed by atoms with Gasteiger partial charge in [-0.15, -0.1) is 0 Å². The standard InChI is InChI=1S/C12H17NO3S/c1-12(2,11(15)16)6-10(14)13(3)7-9-4-5-17-8-9/h4-5,8H,6-7H2,1-3H3,(H,15,16). The minimum absolute atomic E-state index is 0.0168. The number of amides is 1. The number of hydrogen-bond donors (Lipinski definition) is 1.